The van der Waals surface area contributed by atoms with Gasteiger partial charge in [-0.25, -0.2) is 4.79 Å². The van der Waals surface area contributed by atoms with Gasteiger partial charge in [0.25, 0.3) is 0 Å². The molecule has 42 heavy (non-hydrogen) atoms. The highest BCUT2D eigenvalue weighted by atomic mass is 16.4. The maximum atomic E-state index is 13.4. The van der Waals surface area contributed by atoms with Crippen LogP contribution in [0.25, 0.3) is 10.9 Å². The summed E-state index contributed by atoms with van der Waals surface area (Å²) in [6.45, 7) is 0.341. The van der Waals surface area contributed by atoms with Crippen molar-refractivity contribution in [2.45, 2.75) is 75.5 Å². The number of primary amides is 1. The Hall–Kier alpha value is -4.50. The molecule has 0 spiro atoms. The molecule has 0 aliphatic rings. The summed E-state index contributed by atoms with van der Waals surface area (Å²) in [4.78, 5) is 76.4. The highest BCUT2D eigenvalue weighted by Crippen LogP contribution is 2.19. The molecule has 4 atom stereocenters. The van der Waals surface area contributed by atoms with E-state index in [1.54, 1.807) is 12.3 Å². The standard InChI is InChI=1S/C27H39N7O8/c28-12-4-3-7-19(32-24(38)17(29)8-11-23(36)37)25(39)34-21(13-15-14-31-18-6-2-1-5-16(15)18)26(40)33-20(27(41)42)9-10-22(30)35/h1-2,5-6,14,17,19-21,31H,3-4,7-13,28-29H2,(H2,30,35)(H,32,38)(H,33,40)(H,34,39)(H,36,37)(H,41,42). The summed E-state index contributed by atoms with van der Waals surface area (Å²) in [5.74, 6) is -5.54. The Morgan fingerprint density at radius 1 is 0.810 bits per heavy atom. The number of aromatic nitrogens is 1. The van der Waals surface area contributed by atoms with Gasteiger partial charge in [0.1, 0.15) is 18.1 Å². The molecule has 230 valence electrons. The number of unbranched alkanes of at least 4 members (excludes halogenated alkanes) is 1. The summed E-state index contributed by atoms with van der Waals surface area (Å²) in [6.07, 6.45) is 1.75. The van der Waals surface area contributed by atoms with Gasteiger partial charge >= 0.3 is 11.9 Å². The fourth-order valence-electron chi connectivity index (χ4n) is 4.27. The Morgan fingerprint density at radius 2 is 1.45 bits per heavy atom. The van der Waals surface area contributed by atoms with Crippen molar-refractivity contribution in [1.82, 2.24) is 20.9 Å². The molecule has 2 aromatic rings. The molecule has 0 saturated carbocycles. The highest BCUT2D eigenvalue weighted by molar-refractivity contribution is 5.95. The molecule has 0 saturated heterocycles. The number of aliphatic carboxylic acids is 2. The van der Waals surface area contributed by atoms with E-state index in [1.807, 2.05) is 18.2 Å². The molecular weight excluding hydrogens is 550 g/mol. The third-order valence-corrected chi connectivity index (χ3v) is 6.61. The molecule has 15 nitrogen and oxygen atoms in total. The zero-order chi connectivity index (χ0) is 31.2. The van der Waals surface area contributed by atoms with E-state index in [0.29, 0.717) is 24.9 Å². The van der Waals surface area contributed by atoms with E-state index in [9.17, 15) is 33.9 Å². The van der Waals surface area contributed by atoms with Crippen LogP contribution in [0.2, 0.25) is 0 Å². The predicted octanol–water partition coefficient (Wildman–Crippen LogP) is -1.16. The largest absolute Gasteiger partial charge is 0.481 e. The summed E-state index contributed by atoms with van der Waals surface area (Å²) in [5, 5.41) is 26.7. The minimum Gasteiger partial charge on any atom is -0.481 e. The number of benzene rings is 1. The van der Waals surface area contributed by atoms with Crippen LogP contribution >= 0.6 is 0 Å². The number of nitrogens with one attached hydrogen (secondary N) is 4. The molecule has 4 unspecified atom stereocenters. The topological polar surface area (TPSA) is 273 Å². The van der Waals surface area contributed by atoms with Gasteiger partial charge in [0, 0.05) is 36.4 Å². The smallest absolute Gasteiger partial charge is 0.326 e. The number of rotatable bonds is 19. The number of hydrogen-bond acceptors (Lipinski definition) is 8. The quantitative estimate of drug-likeness (QED) is 0.0886. The molecule has 0 aliphatic carbocycles. The van der Waals surface area contributed by atoms with Crippen molar-refractivity contribution >= 4 is 46.5 Å². The van der Waals surface area contributed by atoms with Crippen LogP contribution in [0, 0.1) is 0 Å². The lowest BCUT2D eigenvalue weighted by Gasteiger charge is -2.25. The van der Waals surface area contributed by atoms with Crippen molar-refractivity contribution < 1.29 is 39.0 Å². The lowest BCUT2D eigenvalue weighted by atomic mass is 10.0. The number of H-pyrrole nitrogens is 1. The van der Waals surface area contributed by atoms with Crippen molar-refractivity contribution in [3.63, 3.8) is 0 Å². The van der Waals surface area contributed by atoms with Gasteiger partial charge in [-0.1, -0.05) is 18.2 Å². The van der Waals surface area contributed by atoms with Gasteiger partial charge in [-0.05, 0) is 50.3 Å². The first-order valence-electron chi connectivity index (χ1n) is 13.6. The summed E-state index contributed by atoms with van der Waals surface area (Å²) in [5.41, 5.74) is 18.0. The average Bonchev–Trinajstić information content (AvgIpc) is 3.35. The molecule has 15 heteroatoms. The average molecular weight is 590 g/mol. The lowest BCUT2D eigenvalue weighted by Crippen LogP contribution is -2.57. The van der Waals surface area contributed by atoms with Crippen LogP contribution in [0.15, 0.2) is 30.5 Å². The predicted molar refractivity (Wildman–Crippen MR) is 152 cm³/mol. The van der Waals surface area contributed by atoms with E-state index >= 15 is 0 Å². The Balaban J connectivity index is 2.30. The molecule has 1 aromatic carbocycles. The van der Waals surface area contributed by atoms with E-state index in [1.165, 1.54) is 0 Å². The number of carboxylic acid groups (broad SMARTS) is 2. The van der Waals surface area contributed by atoms with E-state index in [0.717, 1.165) is 10.9 Å². The first-order valence-corrected chi connectivity index (χ1v) is 13.6. The SMILES string of the molecule is NCCCCC(NC(=O)C(N)CCC(=O)O)C(=O)NC(Cc1c[nH]c2ccccc12)C(=O)NC(CCC(N)=O)C(=O)O. The van der Waals surface area contributed by atoms with Crippen LogP contribution in [0.4, 0.5) is 0 Å². The third-order valence-electron chi connectivity index (χ3n) is 6.61. The fourth-order valence-corrected chi connectivity index (χ4v) is 4.27. The number of aromatic amines is 1. The van der Waals surface area contributed by atoms with E-state index in [4.69, 9.17) is 22.3 Å². The van der Waals surface area contributed by atoms with Crippen LogP contribution in [-0.2, 0) is 35.2 Å². The van der Waals surface area contributed by atoms with E-state index in [-0.39, 0.29) is 38.5 Å². The molecule has 1 heterocycles. The summed E-state index contributed by atoms with van der Waals surface area (Å²) >= 11 is 0. The molecule has 1 aromatic heterocycles. The van der Waals surface area contributed by atoms with Gasteiger partial charge in [0.05, 0.1) is 6.04 Å². The van der Waals surface area contributed by atoms with Crippen LogP contribution in [0.5, 0.6) is 0 Å². The summed E-state index contributed by atoms with van der Waals surface area (Å²) in [7, 11) is 0. The molecule has 0 bridgehead atoms. The Bertz CT molecular complexity index is 1260. The monoisotopic (exact) mass is 589 g/mol. The van der Waals surface area contributed by atoms with Gasteiger partial charge in [-0.2, -0.15) is 0 Å². The first kappa shape index (κ1) is 33.7. The van der Waals surface area contributed by atoms with Crippen LogP contribution < -0.4 is 33.2 Å². The van der Waals surface area contributed by atoms with Gasteiger partial charge in [0.15, 0.2) is 0 Å². The molecule has 0 aliphatic heterocycles. The first-order chi connectivity index (χ1) is 19.9. The van der Waals surface area contributed by atoms with Crippen LogP contribution in [-0.4, -0.2) is 81.5 Å². The number of carbonyl (C=O) groups is 6. The normalized spacial score (nSPS) is 13.9. The molecule has 0 radical (unpaired) electrons. The van der Waals surface area contributed by atoms with Crippen molar-refractivity contribution in [3.05, 3.63) is 36.0 Å². The third kappa shape index (κ3) is 10.8. The Morgan fingerprint density at radius 3 is 2.10 bits per heavy atom. The number of amides is 4. The second-order valence-corrected chi connectivity index (χ2v) is 9.91. The van der Waals surface area contributed by atoms with Crippen molar-refractivity contribution in [1.29, 1.82) is 0 Å². The lowest BCUT2D eigenvalue weighted by molar-refractivity contribution is -0.142. The van der Waals surface area contributed by atoms with Gasteiger partial charge in [-0.3, -0.25) is 24.0 Å². The summed E-state index contributed by atoms with van der Waals surface area (Å²) < 4.78 is 0. The van der Waals surface area contributed by atoms with Crippen molar-refractivity contribution in [2.75, 3.05) is 6.54 Å². The molecule has 4 amide bonds. The van der Waals surface area contributed by atoms with Crippen LogP contribution in [0.1, 0.15) is 50.5 Å². The number of fused-ring (bicyclic) bond motifs is 1. The van der Waals surface area contributed by atoms with Crippen LogP contribution in [0.3, 0.4) is 0 Å². The number of carbonyl (C=O) groups excluding carboxylic acids is 4. The van der Waals surface area contributed by atoms with Gasteiger partial charge in [-0.15, -0.1) is 0 Å². The van der Waals surface area contributed by atoms with Gasteiger partial charge < -0.3 is 48.3 Å². The minimum atomic E-state index is -1.44. The maximum absolute atomic E-state index is 13.4. The Labute approximate surface area is 241 Å². The maximum Gasteiger partial charge on any atom is 0.326 e. The van der Waals surface area contributed by atoms with E-state index in [2.05, 4.69) is 20.9 Å². The zero-order valence-corrected chi connectivity index (χ0v) is 23.1. The number of carboxylic acids is 2. The van der Waals surface area contributed by atoms with E-state index < -0.39 is 59.7 Å². The Kier molecular flexibility index (Phi) is 13.4. The zero-order valence-electron chi connectivity index (χ0n) is 23.1. The minimum absolute atomic E-state index is 0.0364. The van der Waals surface area contributed by atoms with Gasteiger partial charge in [0.2, 0.25) is 23.6 Å². The molecule has 0 fully saturated rings. The van der Waals surface area contributed by atoms with Crippen molar-refractivity contribution in [2.24, 2.45) is 17.2 Å². The molecular formula is C27H39N7O8. The molecule has 12 N–H and O–H groups in total. The molecule has 2 rings (SSSR count). The number of para-hydroxylation sites is 1. The second-order valence-electron chi connectivity index (χ2n) is 9.91. The number of nitrogens with two attached hydrogens (primary N) is 3. The highest BCUT2D eigenvalue weighted by Gasteiger charge is 2.31. The van der Waals surface area contributed by atoms with Crippen molar-refractivity contribution in [3.8, 4) is 0 Å². The summed E-state index contributed by atoms with van der Waals surface area (Å²) in [6, 6.07) is 2.23. The number of hydrogen-bond donors (Lipinski definition) is 9. The second kappa shape index (κ2) is 16.7. The fraction of sp³-hybridized carbons (Fsp3) is 0.481.